The Balaban J connectivity index is 1.51. The third-order valence-corrected chi connectivity index (χ3v) is 8.11. The molecule has 3 rings (SSSR count). The summed E-state index contributed by atoms with van der Waals surface area (Å²) in [5, 5.41) is 5.90. The lowest BCUT2D eigenvalue weighted by atomic mass is 9.91. The first-order valence-corrected chi connectivity index (χ1v) is 14.6. The summed E-state index contributed by atoms with van der Waals surface area (Å²) in [6.45, 7) is 6.55. The fraction of sp³-hybridized carbons (Fsp3) is 0.679. The minimum Gasteiger partial charge on any atom is -0.497 e. The van der Waals surface area contributed by atoms with Gasteiger partial charge in [0.2, 0.25) is 5.91 Å². The number of likely N-dealkylation sites (tertiary alicyclic amines) is 1. The molecule has 206 valence electrons. The standard InChI is InChI=1S/C28H43N3O5S/c1-28(2,3)36-27(34)30-24(19-37-18-20-8-6-5-7-9-20)25(32)29-22-14-16-31(17-15-22)26(33)21-10-12-23(35-4)13-11-21/h10-13,20,22,24H,5-9,14-19H2,1-4H3,(H,29,32)(H,30,34)/t24-/m0/s1. The maximum atomic E-state index is 13.2. The summed E-state index contributed by atoms with van der Waals surface area (Å²) in [4.78, 5) is 40.3. The lowest BCUT2D eigenvalue weighted by Gasteiger charge is -2.33. The number of alkyl carbamates (subject to hydrolysis) is 1. The number of piperidine rings is 1. The molecule has 0 spiro atoms. The van der Waals surface area contributed by atoms with E-state index in [0.717, 1.165) is 5.75 Å². The van der Waals surface area contributed by atoms with E-state index in [1.165, 1.54) is 32.1 Å². The zero-order valence-corrected chi connectivity index (χ0v) is 23.5. The highest BCUT2D eigenvalue weighted by Gasteiger charge is 2.29. The molecule has 0 bridgehead atoms. The van der Waals surface area contributed by atoms with Crippen molar-refractivity contribution in [2.75, 3.05) is 31.7 Å². The molecule has 2 N–H and O–H groups in total. The Morgan fingerprint density at radius 3 is 2.27 bits per heavy atom. The van der Waals surface area contributed by atoms with Crippen LogP contribution in [-0.4, -0.2) is 72.2 Å². The van der Waals surface area contributed by atoms with E-state index < -0.39 is 17.7 Å². The van der Waals surface area contributed by atoms with Crippen LogP contribution in [0.1, 0.15) is 76.1 Å². The van der Waals surface area contributed by atoms with Gasteiger partial charge in [-0.3, -0.25) is 9.59 Å². The highest BCUT2D eigenvalue weighted by Crippen LogP contribution is 2.27. The van der Waals surface area contributed by atoms with Crippen LogP contribution in [0, 0.1) is 5.92 Å². The van der Waals surface area contributed by atoms with Crippen LogP contribution in [0.5, 0.6) is 5.75 Å². The molecule has 1 saturated heterocycles. The third-order valence-electron chi connectivity index (χ3n) is 6.84. The minimum absolute atomic E-state index is 0.0176. The van der Waals surface area contributed by atoms with Crippen LogP contribution < -0.4 is 15.4 Å². The summed E-state index contributed by atoms with van der Waals surface area (Å²) in [7, 11) is 1.60. The Kier molecular flexibility index (Phi) is 11.0. The quantitative estimate of drug-likeness (QED) is 0.481. The van der Waals surface area contributed by atoms with Crippen molar-refractivity contribution in [3.8, 4) is 5.75 Å². The van der Waals surface area contributed by atoms with Gasteiger partial charge in [-0.2, -0.15) is 11.8 Å². The van der Waals surface area contributed by atoms with Gasteiger partial charge in [0.25, 0.3) is 5.91 Å². The zero-order chi connectivity index (χ0) is 26.8. The van der Waals surface area contributed by atoms with Crippen LogP contribution in [0.2, 0.25) is 0 Å². The number of hydrogen-bond donors (Lipinski definition) is 2. The van der Waals surface area contributed by atoms with E-state index in [1.807, 2.05) is 4.90 Å². The van der Waals surface area contributed by atoms with Gasteiger partial charge in [-0.1, -0.05) is 19.3 Å². The summed E-state index contributed by atoms with van der Waals surface area (Å²) < 4.78 is 10.6. The van der Waals surface area contributed by atoms with E-state index in [-0.39, 0.29) is 17.9 Å². The predicted octanol–water partition coefficient (Wildman–Crippen LogP) is 4.62. The van der Waals surface area contributed by atoms with Gasteiger partial charge >= 0.3 is 6.09 Å². The van der Waals surface area contributed by atoms with Crippen molar-refractivity contribution in [1.29, 1.82) is 0 Å². The van der Waals surface area contributed by atoms with Crippen molar-refractivity contribution in [2.24, 2.45) is 5.92 Å². The second kappa shape index (κ2) is 13.9. The van der Waals surface area contributed by atoms with Gasteiger partial charge in [0.05, 0.1) is 7.11 Å². The lowest BCUT2D eigenvalue weighted by Crippen LogP contribution is -2.54. The Morgan fingerprint density at radius 2 is 1.68 bits per heavy atom. The first-order valence-electron chi connectivity index (χ1n) is 13.5. The maximum Gasteiger partial charge on any atom is 0.408 e. The SMILES string of the molecule is COc1ccc(C(=O)N2CCC(NC(=O)[C@H](CSCC3CCCCC3)NC(=O)OC(C)(C)C)CC2)cc1. The van der Waals surface area contributed by atoms with Crippen LogP contribution in [0.4, 0.5) is 4.79 Å². The number of carbonyl (C=O) groups is 3. The lowest BCUT2D eigenvalue weighted by molar-refractivity contribution is -0.123. The van der Waals surface area contributed by atoms with Crippen molar-refractivity contribution in [1.82, 2.24) is 15.5 Å². The molecule has 1 aliphatic heterocycles. The zero-order valence-electron chi connectivity index (χ0n) is 22.7. The van der Waals surface area contributed by atoms with E-state index in [2.05, 4.69) is 10.6 Å². The van der Waals surface area contributed by atoms with Gasteiger partial charge in [0.15, 0.2) is 0 Å². The van der Waals surface area contributed by atoms with Crippen molar-refractivity contribution >= 4 is 29.7 Å². The molecule has 3 amide bonds. The van der Waals surface area contributed by atoms with Crippen LogP contribution in [0.15, 0.2) is 24.3 Å². The van der Waals surface area contributed by atoms with Gasteiger partial charge in [-0.25, -0.2) is 4.79 Å². The fourth-order valence-corrected chi connectivity index (χ4v) is 6.06. The molecule has 1 saturated carbocycles. The summed E-state index contributed by atoms with van der Waals surface area (Å²) in [5.41, 5.74) is -0.0104. The highest BCUT2D eigenvalue weighted by molar-refractivity contribution is 7.99. The predicted molar refractivity (Wildman–Crippen MR) is 147 cm³/mol. The van der Waals surface area contributed by atoms with Crippen molar-refractivity contribution in [2.45, 2.75) is 83.4 Å². The number of carbonyl (C=O) groups excluding carboxylic acids is 3. The minimum atomic E-state index is -0.664. The Hall–Kier alpha value is -2.42. The van der Waals surface area contributed by atoms with Crippen molar-refractivity contribution in [3.05, 3.63) is 29.8 Å². The molecule has 2 fully saturated rings. The van der Waals surface area contributed by atoms with Gasteiger partial charge in [-0.15, -0.1) is 0 Å². The molecule has 0 radical (unpaired) electrons. The molecule has 1 aromatic rings. The highest BCUT2D eigenvalue weighted by atomic mass is 32.2. The number of hydrogen-bond acceptors (Lipinski definition) is 6. The molecule has 1 heterocycles. The first-order chi connectivity index (χ1) is 17.6. The Bertz CT molecular complexity index is 888. The fourth-order valence-electron chi connectivity index (χ4n) is 4.78. The van der Waals surface area contributed by atoms with Crippen LogP contribution in [0.3, 0.4) is 0 Å². The summed E-state index contributed by atoms with van der Waals surface area (Å²) in [6, 6.07) is 6.40. The van der Waals surface area contributed by atoms with E-state index in [0.29, 0.717) is 48.9 Å². The number of benzene rings is 1. The number of methoxy groups -OCH3 is 1. The largest absolute Gasteiger partial charge is 0.497 e. The number of nitrogens with zero attached hydrogens (tertiary/aromatic N) is 1. The molecule has 0 unspecified atom stereocenters. The second-order valence-corrected chi connectivity index (χ2v) is 12.1. The second-order valence-electron chi connectivity index (χ2n) is 11.0. The molecular weight excluding hydrogens is 490 g/mol. The van der Waals surface area contributed by atoms with Crippen molar-refractivity contribution in [3.63, 3.8) is 0 Å². The number of nitrogens with one attached hydrogen (secondary N) is 2. The van der Waals surface area contributed by atoms with Crippen LogP contribution in [-0.2, 0) is 9.53 Å². The molecule has 37 heavy (non-hydrogen) atoms. The molecular formula is C28H43N3O5S. The summed E-state index contributed by atoms with van der Waals surface area (Å²) >= 11 is 1.73. The Labute approximate surface area is 225 Å². The molecule has 8 nitrogen and oxygen atoms in total. The number of ether oxygens (including phenoxy) is 2. The van der Waals surface area contributed by atoms with Gasteiger partial charge < -0.3 is 25.0 Å². The monoisotopic (exact) mass is 533 g/mol. The maximum absolute atomic E-state index is 13.2. The average Bonchev–Trinajstić information content (AvgIpc) is 2.87. The molecule has 1 atom stereocenters. The van der Waals surface area contributed by atoms with Crippen LogP contribution >= 0.6 is 11.8 Å². The van der Waals surface area contributed by atoms with Gasteiger partial charge in [-0.05, 0) is 82.4 Å². The van der Waals surface area contributed by atoms with Crippen molar-refractivity contribution < 1.29 is 23.9 Å². The van der Waals surface area contributed by atoms with E-state index in [9.17, 15) is 14.4 Å². The summed E-state index contributed by atoms with van der Waals surface area (Å²) in [6.07, 6.45) is 7.14. The van der Waals surface area contributed by atoms with Gasteiger partial charge in [0.1, 0.15) is 17.4 Å². The average molecular weight is 534 g/mol. The number of thioether (sulfide) groups is 1. The van der Waals surface area contributed by atoms with E-state index >= 15 is 0 Å². The first kappa shape index (κ1) is 29.1. The Morgan fingerprint density at radius 1 is 1.03 bits per heavy atom. The normalized spacial score (nSPS) is 18.1. The number of rotatable bonds is 9. The van der Waals surface area contributed by atoms with E-state index in [4.69, 9.17) is 9.47 Å². The molecule has 0 aromatic heterocycles. The molecule has 9 heteroatoms. The molecule has 1 aliphatic carbocycles. The topological polar surface area (TPSA) is 97.0 Å². The number of amides is 3. The smallest absolute Gasteiger partial charge is 0.408 e. The van der Waals surface area contributed by atoms with Crippen LogP contribution in [0.25, 0.3) is 0 Å². The molecule has 2 aliphatic rings. The van der Waals surface area contributed by atoms with E-state index in [1.54, 1.807) is 63.9 Å². The molecule has 1 aromatic carbocycles. The van der Waals surface area contributed by atoms with Gasteiger partial charge in [0, 0.05) is 30.4 Å². The summed E-state index contributed by atoms with van der Waals surface area (Å²) in [5.74, 6) is 2.71. The third kappa shape index (κ3) is 9.76.